The van der Waals surface area contributed by atoms with Crippen molar-refractivity contribution in [3.63, 3.8) is 0 Å². The van der Waals surface area contributed by atoms with Gasteiger partial charge in [0.1, 0.15) is 5.75 Å². The van der Waals surface area contributed by atoms with E-state index >= 15 is 0 Å². The summed E-state index contributed by atoms with van der Waals surface area (Å²) in [7, 11) is 1.57. The molecule has 0 unspecified atom stereocenters. The van der Waals surface area contributed by atoms with E-state index in [2.05, 4.69) is 4.90 Å². The first-order valence-electron chi connectivity index (χ1n) is 6.78. The van der Waals surface area contributed by atoms with Gasteiger partial charge < -0.3 is 9.84 Å². The standard InChI is InChI=1S/C14H20N2O4/c1-20-14-3-2-13(16(18)19)8-12(14)9-15-6-4-11(10-17)5-7-15/h2-3,8,11,17H,4-7,9-10H2,1H3. The maximum Gasteiger partial charge on any atom is 0.270 e. The van der Waals surface area contributed by atoms with Gasteiger partial charge in [-0.3, -0.25) is 15.0 Å². The highest BCUT2D eigenvalue weighted by Crippen LogP contribution is 2.27. The molecule has 1 aromatic rings. The first-order valence-corrected chi connectivity index (χ1v) is 6.78. The summed E-state index contributed by atoms with van der Waals surface area (Å²) in [5.41, 5.74) is 0.926. The Balaban J connectivity index is 2.08. The summed E-state index contributed by atoms with van der Waals surface area (Å²) in [6.45, 7) is 2.69. The minimum atomic E-state index is -0.388. The average Bonchev–Trinajstić information content (AvgIpc) is 2.48. The fraction of sp³-hybridized carbons (Fsp3) is 0.571. The molecule has 0 saturated carbocycles. The normalized spacial score (nSPS) is 17.1. The first kappa shape index (κ1) is 14.7. The van der Waals surface area contributed by atoms with Gasteiger partial charge in [0.25, 0.3) is 5.69 Å². The van der Waals surface area contributed by atoms with E-state index < -0.39 is 0 Å². The summed E-state index contributed by atoms with van der Waals surface area (Å²) in [4.78, 5) is 12.7. The third kappa shape index (κ3) is 3.46. The van der Waals surface area contributed by atoms with E-state index in [0.717, 1.165) is 31.5 Å². The second kappa shape index (κ2) is 6.67. The fourth-order valence-electron chi connectivity index (χ4n) is 2.57. The van der Waals surface area contributed by atoms with Gasteiger partial charge in [0.05, 0.1) is 12.0 Å². The smallest absolute Gasteiger partial charge is 0.270 e. The van der Waals surface area contributed by atoms with Crippen LogP contribution >= 0.6 is 0 Å². The molecule has 1 aliphatic rings. The van der Waals surface area contributed by atoms with Crippen molar-refractivity contribution in [1.82, 2.24) is 4.90 Å². The SMILES string of the molecule is COc1ccc([N+](=O)[O-])cc1CN1CCC(CO)CC1. The number of benzene rings is 1. The topological polar surface area (TPSA) is 75.8 Å². The Morgan fingerprint density at radius 1 is 1.45 bits per heavy atom. The predicted molar refractivity (Wildman–Crippen MR) is 74.7 cm³/mol. The van der Waals surface area contributed by atoms with Crippen LogP contribution in [0.5, 0.6) is 5.75 Å². The number of piperidine rings is 1. The molecular weight excluding hydrogens is 260 g/mol. The largest absolute Gasteiger partial charge is 0.496 e. The van der Waals surface area contributed by atoms with Crippen LogP contribution in [0.25, 0.3) is 0 Å². The van der Waals surface area contributed by atoms with Crippen molar-refractivity contribution in [3.8, 4) is 5.75 Å². The van der Waals surface area contributed by atoms with E-state index in [1.807, 2.05) is 0 Å². The summed E-state index contributed by atoms with van der Waals surface area (Å²) >= 11 is 0. The first-order chi connectivity index (χ1) is 9.63. The quantitative estimate of drug-likeness (QED) is 0.657. The fourth-order valence-corrected chi connectivity index (χ4v) is 2.57. The van der Waals surface area contributed by atoms with Gasteiger partial charge in [0.15, 0.2) is 0 Å². The number of aliphatic hydroxyl groups is 1. The van der Waals surface area contributed by atoms with E-state index in [9.17, 15) is 10.1 Å². The highest BCUT2D eigenvalue weighted by molar-refractivity contribution is 5.43. The Morgan fingerprint density at radius 2 is 2.15 bits per heavy atom. The molecule has 2 rings (SSSR count). The molecule has 0 aromatic heterocycles. The lowest BCUT2D eigenvalue weighted by molar-refractivity contribution is -0.385. The average molecular weight is 280 g/mol. The summed E-state index contributed by atoms with van der Waals surface area (Å²) in [5, 5.41) is 20.0. The zero-order valence-corrected chi connectivity index (χ0v) is 11.6. The van der Waals surface area contributed by atoms with Crippen LogP contribution in [0.4, 0.5) is 5.69 Å². The van der Waals surface area contributed by atoms with Crippen molar-refractivity contribution in [2.75, 3.05) is 26.8 Å². The molecule has 1 fully saturated rings. The number of nitro benzene ring substituents is 1. The lowest BCUT2D eigenvalue weighted by Crippen LogP contribution is -2.34. The van der Waals surface area contributed by atoms with Gasteiger partial charge in [-0.05, 0) is 37.9 Å². The Hall–Kier alpha value is -1.66. The summed E-state index contributed by atoms with van der Waals surface area (Å²) in [6, 6.07) is 4.69. The van der Waals surface area contributed by atoms with Crippen LogP contribution in [-0.4, -0.2) is 41.7 Å². The van der Waals surface area contributed by atoms with Gasteiger partial charge in [-0.1, -0.05) is 0 Å². The minimum Gasteiger partial charge on any atom is -0.496 e. The number of hydrogen-bond donors (Lipinski definition) is 1. The molecule has 1 aliphatic heterocycles. The van der Waals surface area contributed by atoms with Crippen LogP contribution in [0.2, 0.25) is 0 Å². The summed E-state index contributed by atoms with van der Waals surface area (Å²) < 4.78 is 5.27. The van der Waals surface area contributed by atoms with Gasteiger partial charge in [-0.15, -0.1) is 0 Å². The number of non-ortho nitro benzene ring substituents is 1. The monoisotopic (exact) mass is 280 g/mol. The van der Waals surface area contributed by atoms with Crippen molar-refractivity contribution < 1.29 is 14.8 Å². The van der Waals surface area contributed by atoms with Crippen molar-refractivity contribution in [2.24, 2.45) is 5.92 Å². The highest BCUT2D eigenvalue weighted by Gasteiger charge is 2.20. The van der Waals surface area contributed by atoms with Gasteiger partial charge in [0.2, 0.25) is 0 Å². The number of aliphatic hydroxyl groups excluding tert-OH is 1. The van der Waals surface area contributed by atoms with Crippen LogP contribution in [0.3, 0.4) is 0 Å². The molecule has 1 N–H and O–H groups in total. The number of rotatable bonds is 5. The molecule has 110 valence electrons. The predicted octanol–water partition coefficient (Wildman–Crippen LogP) is 1.81. The van der Waals surface area contributed by atoms with Crippen LogP contribution in [0, 0.1) is 16.0 Å². The lowest BCUT2D eigenvalue weighted by atomic mass is 9.97. The van der Waals surface area contributed by atoms with Gasteiger partial charge >= 0.3 is 0 Å². The molecule has 6 nitrogen and oxygen atoms in total. The number of likely N-dealkylation sites (tertiary alicyclic amines) is 1. The van der Waals surface area contributed by atoms with Gasteiger partial charge in [0, 0.05) is 30.8 Å². The molecular formula is C14H20N2O4. The number of ether oxygens (including phenoxy) is 1. The second-order valence-electron chi connectivity index (χ2n) is 5.16. The van der Waals surface area contributed by atoms with Crippen molar-refractivity contribution >= 4 is 5.69 Å². The van der Waals surface area contributed by atoms with Crippen LogP contribution < -0.4 is 4.74 Å². The molecule has 0 atom stereocenters. The van der Waals surface area contributed by atoms with Gasteiger partial charge in [-0.2, -0.15) is 0 Å². The van der Waals surface area contributed by atoms with E-state index in [1.165, 1.54) is 6.07 Å². The highest BCUT2D eigenvalue weighted by atomic mass is 16.6. The van der Waals surface area contributed by atoms with Crippen LogP contribution in [0.1, 0.15) is 18.4 Å². The Labute approximate surface area is 118 Å². The molecule has 20 heavy (non-hydrogen) atoms. The Kier molecular flexibility index (Phi) is 4.92. The molecule has 0 bridgehead atoms. The van der Waals surface area contributed by atoms with E-state index in [1.54, 1.807) is 19.2 Å². The molecule has 0 radical (unpaired) electrons. The number of nitro groups is 1. The zero-order chi connectivity index (χ0) is 14.5. The lowest BCUT2D eigenvalue weighted by Gasteiger charge is -2.31. The molecule has 1 aromatic carbocycles. The second-order valence-corrected chi connectivity index (χ2v) is 5.16. The van der Waals surface area contributed by atoms with Crippen molar-refractivity contribution in [2.45, 2.75) is 19.4 Å². The molecule has 0 spiro atoms. The molecule has 1 saturated heterocycles. The van der Waals surface area contributed by atoms with Gasteiger partial charge in [-0.25, -0.2) is 0 Å². The third-order valence-electron chi connectivity index (χ3n) is 3.83. The third-order valence-corrected chi connectivity index (χ3v) is 3.83. The maximum atomic E-state index is 10.9. The summed E-state index contributed by atoms with van der Waals surface area (Å²) in [6.07, 6.45) is 1.93. The number of methoxy groups -OCH3 is 1. The van der Waals surface area contributed by atoms with Crippen molar-refractivity contribution in [3.05, 3.63) is 33.9 Å². The maximum absolute atomic E-state index is 10.9. The van der Waals surface area contributed by atoms with Crippen molar-refractivity contribution in [1.29, 1.82) is 0 Å². The molecule has 0 aliphatic carbocycles. The molecule has 1 heterocycles. The Bertz CT molecular complexity index is 470. The van der Waals surface area contributed by atoms with E-state index in [-0.39, 0.29) is 17.2 Å². The molecule has 0 amide bonds. The van der Waals surface area contributed by atoms with Crippen LogP contribution in [0.15, 0.2) is 18.2 Å². The van der Waals surface area contributed by atoms with Crippen LogP contribution in [-0.2, 0) is 6.54 Å². The Morgan fingerprint density at radius 3 is 2.70 bits per heavy atom. The zero-order valence-electron chi connectivity index (χ0n) is 11.6. The summed E-state index contributed by atoms with van der Waals surface area (Å²) in [5.74, 6) is 1.07. The number of hydrogen-bond acceptors (Lipinski definition) is 5. The van der Waals surface area contributed by atoms with E-state index in [0.29, 0.717) is 18.2 Å². The van der Waals surface area contributed by atoms with E-state index in [4.69, 9.17) is 9.84 Å². The minimum absolute atomic E-state index is 0.0889. The number of nitrogens with zero attached hydrogens (tertiary/aromatic N) is 2. The molecule has 6 heteroatoms.